The highest BCUT2D eigenvalue weighted by atomic mass is 16.5. The predicted octanol–water partition coefficient (Wildman–Crippen LogP) is 3.60. The van der Waals surface area contributed by atoms with Gasteiger partial charge in [0.25, 0.3) is 5.56 Å². The van der Waals surface area contributed by atoms with Crippen LogP contribution in [-0.2, 0) is 17.8 Å². The molecular formula is C25H32N6O2. The first-order valence-electron chi connectivity index (χ1n) is 12.2. The molecule has 4 heterocycles. The molecule has 0 N–H and O–H groups in total. The molecule has 5 rings (SSSR count). The van der Waals surface area contributed by atoms with E-state index in [2.05, 4.69) is 16.4 Å². The first-order valence-corrected chi connectivity index (χ1v) is 12.2. The maximum atomic E-state index is 13.6. The number of ether oxygens (including phenoxy) is 1. The van der Waals surface area contributed by atoms with Gasteiger partial charge in [0.15, 0.2) is 11.3 Å². The van der Waals surface area contributed by atoms with Crippen LogP contribution in [0.15, 0.2) is 35.4 Å². The molecule has 4 aromatic rings. The molecule has 174 valence electrons. The van der Waals surface area contributed by atoms with Crippen LogP contribution in [0.1, 0.15) is 39.0 Å². The third-order valence-corrected chi connectivity index (χ3v) is 6.53. The van der Waals surface area contributed by atoms with E-state index in [1.165, 1.54) is 12.8 Å². The molecule has 1 aliphatic heterocycles. The van der Waals surface area contributed by atoms with Crippen LogP contribution in [0.4, 0.5) is 0 Å². The van der Waals surface area contributed by atoms with E-state index in [1.54, 1.807) is 10.9 Å². The summed E-state index contributed by atoms with van der Waals surface area (Å²) in [5.74, 6) is 0. The van der Waals surface area contributed by atoms with Crippen LogP contribution < -0.4 is 5.56 Å². The Morgan fingerprint density at radius 2 is 1.70 bits per heavy atom. The molecule has 0 spiro atoms. The molecule has 0 radical (unpaired) electrons. The van der Waals surface area contributed by atoms with E-state index in [4.69, 9.17) is 19.7 Å². The van der Waals surface area contributed by atoms with E-state index in [0.717, 1.165) is 75.3 Å². The molecular weight excluding hydrogens is 416 g/mol. The standard InChI is InChI=1S/C25H32N6O2/c1-2-3-4-7-13-31-23-21(22-24(31)28-20-10-6-5-9-19(20)27-22)25(32)30(18-26-23)12-8-11-29-14-16-33-17-15-29/h5-6,9-10,18H,2-4,7-8,11-17H2,1H3. The molecule has 0 unspecified atom stereocenters. The van der Waals surface area contributed by atoms with Crippen molar-refractivity contribution in [2.24, 2.45) is 0 Å². The molecule has 1 saturated heterocycles. The molecule has 1 aromatic carbocycles. The number of aryl methyl sites for hydroxylation is 2. The Labute approximate surface area is 193 Å². The first-order chi connectivity index (χ1) is 16.3. The Bertz CT molecular complexity index is 1310. The number of hydrogen-bond donors (Lipinski definition) is 0. The molecule has 0 amide bonds. The summed E-state index contributed by atoms with van der Waals surface area (Å²) in [6.07, 6.45) is 7.17. The number of nitrogens with zero attached hydrogens (tertiary/aromatic N) is 6. The molecule has 1 aliphatic rings. The van der Waals surface area contributed by atoms with E-state index in [-0.39, 0.29) is 5.56 Å². The second-order valence-corrected chi connectivity index (χ2v) is 8.85. The first kappa shape index (κ1) is 22.0. The van der Waals surface area contributed by atoms with Gasteiger partial charge in [-0.1, -0.05) is 38.3 Å². The summed E-state index contributed by atoms with van der Waals surface area (Å²) < 4.78 is 9.26. The number of benzene rings is 1. The monoisotopic (exact) mass is 448 g/mol. The zero-order valence-corrected chi connectivity index (χ0v) is 19.4. The fourth-order valence-electron chi connectivity index (χ4n) is 4.70. The minimum Gasteiger partial charge on any atom is -0.379 e. The Balaban J connectivity index is 1.51. The number of fused-ring (bicyclic) bond motifs is 4. The van der Waals surface area contributed by atoms with Gasteiger partial charge in [0.05, 0.1) is 30.6 Å². The lowest BCUT2D eigenvalue weighted by molar-refractivity contribution is 0.0369. The average molecular weight is 449 g/mol. The number of rotatable bonds is 9. The van der Waals surface area contributed by atoms with Crippen LogP contribution >= 0.6 is 0 Å². The molecule has 33 heavy (non-hydrogen) atoms. The van der Waals surface area contributed by atoms with Crippen molar-refractivity contribution < 1.29 is 4.74 Å². The van der Waals surface area contributed by atoms with Crippen molar-refractivity contribution in [3.63, 3.8) is 0 Å². The van der Waals surface area contributed by atoms with Gasteiger partial charge in [-0.2, -0.15) is 0 Å². The van der Waals surface area contributed by atoms with E-state index in [9.17, 15) is 4.79 Å². The topological polar surface area (TPSA) is 78.1 Å². The van der Waals surface area contributed by atoms with Crippen LogP contribution in [0.2, 0.25) is 0 Å². The third kappa shape index (κ3) is 4.50. The molecule has 3 aromatic heterocycles. The maximum Gasteiger partial charge on any atom is 0.265 e. The average Bonchev–Trinajstić information content (AvgIpc) is 3.15. The molecule has 0 saturated carbocycles. The van der Waals surface area contributed by atoms with Gasteiger partial charge in [-0.05, 0) is 25.0 Å². The van der Waals surface area contributed by atoms with Crippen molar-refractivity contribution >= 4 is 33.2 Å². The number of aromatic nitrogens is 5. The third-order valence-electron chi connectivity index (χ3n) is 6.53. The Morgan fingerprint density at radius 3 is 2.48 bits per heavy atom. The summed E-state index contributed by atoms with van der Waals surface area (Å²) in [6, 6.07) is 7.84. The molecule has 0 bridgehead atoms. The second-order valence-electron chi connectivity index (χ2n) is 8.85. The van der Waals surface area contributed by atoms with Gasteiger partial charge in [-0.15, -0.1) is 0 Å². The fraction of sp³-hybridized carbons (Fsp3) is 0.520. The summed E-state index contributed by atoms with van der Waals surface area (Å²) in [5, 5.41) is 0.590. The molecule has 0 atom stereocenters. The lowest BCUT2D eigenvalue weighted by atomic mass is 10.2. The van der Waals surface area contributed by atoms with E-state index >= 15 is 0 Å². The van der Waals surface area contributed by atoms with Crippen molar-refractivity contribution in [3.05, 3.63) is 40.9 Å². The zero-order valence-electron chi connectivity index (χ0n) is 19.4. The Morgan fingerprint density at radius 1 is 0.909 bits per heavy atom. The summed E-state index contributed by atoms with van der Waals surface area (Å²) >= 11 is 0. The van der Waals surface area contributed by atoms with Gasteiger partial charge in [0.1, 0.15) is 10.9 Å². The number of morpholine rings is 1. The van der Waals surface area contributed by atoms with Crippen molar-refractivity contribution in [2.75, 3.05) is 32.8 Å². The summed E-state index contributed by atoms with van der Waals surface area (Å²) in [6.45, 7) is 8.10. The van der Waals surface area contributed by atoms with Gasteiger partial charge in [-0.3, -0.25) is 14.3 Å². The van der Waals surface area contributed by atoms with E-state index in [1.807, 2.05) is 24.3 Å². The number of hydrogen-bond acceptors (Lipinski definition) is 6. The van der Waals surface area contributed by atoms with E-state index in [0.29, 0.717) is 23.1 Å². The predicted molar refractivity (Wildman–Crippen MR) is 131 cm³/mol. The minimum absolute atomic E-state index is 0.0242. The summed E-state index contributed by atoms with van der Waals surface area (Å²) in [4.78, 5) is 30.5. The highest BCUT2D eigenvalue weighted by Gasteiger charge is 2.19. The Hall–Kier alpha value is -2.84. The van der Waals surface area contributed by atoms with Crippen LogP contribution in [0, 0.1) is 0 Å². The van der Waals surface area contributed by atoms with Crippen LogP contribution in [0.3, 0.4) is 0 Å². The van der Waals surface area contributed by atoms with Gasteiger partial charge >= 0.3 is 0 Å². The lowest BCUT2D eigenvalue weighted by Crippen LogP contribution is -2.37. The lowest BCUT2D eigenvalue weighted by Gasteiger charge is -2.26. The summed E-state index contributed by atoms with van der Waals surface area (Å²) in [5.41, 5.74) is 3.75. The second kappa shape index (κ2) is 9.97. The number of unbranched alkanes of at least 4 members (excludes halogenated alkanes) is 3. The van der Waals surface area contributed by atoms with Crippen LogP contribution in [-0.4, -0.2) is 61.8 Å². The van der Waals surface area contributed by atoms with Crippen molar-refractivity contribution in [1.29, 1.82) is 0 Å². The zero-order chi connectivity index (χ0) is 22.6. The van der Waals surface area contributed by atoms with Gasteiger partial charge in [0.2, 0.25) is 0 Å². The van der Waals surface area contributed by atoms with Crippen LogP contribution in [0.25, 0.3) is 33.2 Å². The summed E-state index contributed by atoms with van der Waals surface area (Å²) in [7, 11) is 0. The fourth-order valence-corrected chi connectivity index (χ4v) is 4.70. The normalized spacial score (nSPS) is 15.2. The Kier molecular flexibility index (Phi) is 6.64. The SMILES string of the molecule is CCCCCCn1c2nc3ccccc3nc2c2c(=O)n(CCCN3CCOCC3)cnc21. The van der Waals surface area contributed by atoms with Gasteiger partial charge in [0, 0.05) is 32.7 Å². The smallest absolute Gasteiger partial charge is 0.265 e. The van der Waals surface area contributed by atoms with E-state index < -0.39 is 0 Å². The van der Waals surface area contributed by atoms with Crippen molar-refractivity contribution in [2.45, 2.75) is 52.1 Å². The van der Waals surface area contributed by atoms with Gasteiger partial charge in [-0.25, -0.2) is 15.0 Å². The molecule has 1 fully saturated rings. The highest BCUT2D eigenvalue weighted by molar-refractivity contribution is 6.04. The maximum absolute atomic E-state index is 13.6. The highest BCUT2D eigenvalue weighted by Crippen LogP contribution is 2.25. The van der Waals surface area contributed by atoms with Crippen molar-refractivity contribution in [1.82, 2.24) is 29.0 Å². The van der Waals surface area contributed by atoms with Crippen molar-refractivity contribution in [3.8, 4) is 0 Å². The number of para-hydroxylation sites is 2. The van der Waals surface area contributed by atoms with Crippen LogP contribution in [0.5, 0.6) is 0 Å². The molecule has 0 aliphatic carbocycles. The largest absolute Gasteiger partial charge is 0.379 e. The van der Waals surface area contributed by atoms with Gasteiger partial charge < -0.3 is 9.30 Å². The molecule has 8 heteroatoms. The minimum atomic E-state index is -0.0242. The molecule has 8 nitrogen and oxygen atoms in total. The quantitative estimate of drug-likeness (QED) is 0.364.